The van der Waals surface area contributed by atoms with Crippen LogP contribution in [-0.4, -0.2) is 58.5 Å². The Balaban J connectivity index is 1.67. The smallest absolute Gasteiger partial charge is 0.335 e. The highest BCUT2D eigenvalue weighted by Crippen LogP contribution is 2.30. The lowest BCUT2D eigenvalue weighted by Gasteiger charge is -2.35. The molecule has 0 aliphatic carbocycles. The summed E-state index contributed by atoms with van der Waals surface area (Å²) >= 11 is 0.175. The van der Waals surface area contributed by atoms with Gasteiger partial charge < -0.3 is 9.80 Å². The molecule has 1 aromatic heterocycles. The number of hydrogen-bond donors (Lipinski definition) is 0. The van der Waals surface area contributed by atoms with Crippen molar-refractivity contribution in [1.82, 2.24) is 14.8 Å². The largest absolute Gasteiger partial charge is 0.416 e. The van der Waals surface area contributed by atoms with Crippen LogP contribution in [-0.2, 0) is 6.18 Å². The van der Waals surface area contributed by atoms with Crippen molar-refractivity contribution in [3.8, 4) is 0 Å². The van der Waals surface area contributed by atoms with E-state index in [2.05, 4.69) is 4.98 Å². The van der Waals surface area contributed by atoms with Crippen LogP contribution in [0, 0.1) is 0 Å². The van der Waals surface area contributed by atoms with Gasteiger partial charge in [0.2, 0.25) is 0 Å². The molecule has 0 spiro atoms. The van der Waals surface area contributed by atoms with E-state index in [1.54, 1.807) is 0 Å². The van der Waals surface area contributed by atoms with Gasteiger partial charge in [-0.1, -0.05) is 6.07 Å². The molecule has 160 valence electrons. The summed E-state index contributed by atoms with van der Waals surface area (Å²) in [4.78, 5) is 31.9. The van der Waals surface area contributed by atoms with E-state index < -0.39 is 29.3 Å². The number of carbonyl (C=O) groups excluding carboxylic acids is 2. The Kier molecular flexibility index (Phi) is 6.59. The molecule has 1 aromatic carbocycles. The predicted octanol–water partition coefficient (Wildman–Crippen LogP) is 4.01. The Morgan fingerprint density at radius 3 is 2.20 bits per heavy atom. The van der Waals surface area contributed by atoms with Crippen LogP contribution in [0.4, 0.5) is 22.0 Å². The van der Waals surface area contributed by atoms with Crippen LogP contribution in [0.15, 0.2) is 47.6 Å². The van der Waals surface area contributed by atoms with Crippen LogP contribution < -0.4 is 0 Å². The molecule has 0 saturated carbocycles. The first kappa shape index (κ1) is 22.0. The number of hydrogen-bond acceptors (Lipinski definition) is 4. The number of carbonyl (C=O) groups is 2. The normalized spacial score (nSPS) is 14.9. The molecule has 2 aromatic rings. The van der Waals surface area contributed by atoms with E-state index in [9.17, 15) is 31.5 Å². The number of amides is 2. The third-order valence-electron chi connectivity index (χ3n) is 4.49. The Hall–Kier alpha value is -2.69. The zero-order chi connectivity index (χ0) is 21.9. The summed E-state index contributed by atoms with van der Waals surface area (Å²) in [6, 6.07) is 7.02. The first-order valence-corrected chi connectivity index (χ1v) is 9.70. The molecular formula is C19H16F5N3O2S. The molecule has 11 heteroatoms. The molecule has 0 N–H and O–H groups in total. The number of aromatic nitrogens is 1. The molecule has 0 unspecified atom stereocenters. The Bertz CT molecular complexity index is 930. The molecule has 1 aliphatic heterocycles. The standard InChI is InChI=1S/C19H16F5N3O2S/c20-18(21)30-15-14(5-2-6-25-15)17(29)27-9-7-26(8-10-27)16(28)12-3-1-4-13(11-12)19(22,23)24/h1-6,11,18H,7-10H2. The van der Waals surface area contributed by atoms with Crippen LogP contribution in [0.1, 0.15) is 26.3 Å². The Labute approximate surface area is 172 Å². The molecule has 0 atom stereocenters. The zero-order valence-electron chi connectivity index (χ0n) is 15.4. The molecule has 5 nitrogen and oxygen atoms in total. The second-order valence-electron chi connectivity index (χ2n) is 6.40. The maximum Gasteiger partial charge on any atom is 0.416 e. The molecule has 0 radical (unpaired) electrons. The van der Waals surface area contributed by atoms with Crippen molar-refractivity contribution in [3.05, 3.63) is 59.3 Å². The minimum absolute atomic E-state index is 0.0421. The summed E-state index contributed by atoms with van der Waals surface area (Å²) in [7, 11) is 0. The Morgan fingerprint density at radius 1 is 0.967 bits per heavy atom. The quantitative estimate of drug-likeness (QED) is 0.527. The van der Waals surface area contributed by atoms with E-state index in [4.69, 9.17) is 0 Å². The zero-order valence-corrected chi connectivity index (χ0v) is 16.2. The molecule has 1 aliphatic rings. The van der Waals surface area contributed by atoms with Crippen molar-refractivity contribution in [1.29, 1.82) is 0 Å². The van der Waals surface area contributed by atoms with Crippen LogP contribution in [0.25, 0.3) is 0 Å². The first-order valence-electron chi connectivity index (χ1n) is 8.82. The van der Waals surface area contributed by atoms with Gasteiger partial charge in [0, 0.05) is 37.9 Å². The fourth-order valence-corrected chi connectivity index (χ4v) is 3.60. The third kappa shape index (κ3) is 5.07. The monoisotopic (exact) mass is 445 g/mol. The van der Waals surface area contributed by atoms with Crippen molar-refractivity contribution in [2.75, 3.05) is 26.2 Å². The van der Waals surface area contributed by atoms with Gasteiger partial charge in [-0.3, -0.25) is 9.59 Å². The van der Waals surface area contributed by atoms with E-state index in [1.165, 1.54) is 40.3 Å². The summed E-state index contributed by atoms with van der Waals surface area (Å²) in [6.07, 6.45) is -3.24. The summed E-state index contributed by atoms with van der Waals surface area (Å²) < 4.78 is 64.0. The predicted molar refractivity (Wildman–Crippen MR) is 99.3 cm³/mol. The van der Waals surface area contributed by atoms with E-state index in [1.807, 2.05) is 0 Å². The summed E-state index contributed by atoms with van der Waals surface area (Å²) in [5.41, 5.74) is -0.962. The van der Waals surface area contributed by atoms with Crippen LogP contribution >= 0.6 is 11.8 Å². The van der Waals surface area contributed by atoms with Gasteiger partial charge in [-0.25, -0.2) is 4.98 Å². The second-order valence-corrected chi connectivity index (χ2v) is 7.38. The van der Waals surface area contributed by atoms with E-state index in [0.29, 0.717) is 0 Å². The summed E-state index contributed by atoms with van der Waals surface area (Å²) in [6.45, 7) is 0.464. The van der Waals surface area contributed by atoms with Gasteiger partial charge in [0.1, 0.15) is 5.03 Å². The molecule has 2 amide bonds. The molecule has 0 bridgehead atoms. The second kappa shape index (κ2) is 8.99. The number of pyridine rings is 1. The van der Waals surface area contributed by atoms with Crippen LogP contribution in [0.5, 0.6) is 0 Å². The highest BCUT2D eigenvalue weighted by Gasteiger charge is 2.32. The number of alkyl halides is 5. The molecule has 1 fully saturated rings. The van der Waals surface area contributed by atoms with Gasteiger partial charge >= 0.3 is 6.18 Å². The molecular weight excluding hydrogens is 429 g/mol. The van der Waals surface area contributed by atoms with Gasteiger partial charge in [-0.05, 0) is 42.1 Å². The third-order valence-corrected chi connectivity index (χ3v) is 5.22. The van der Waals surface area contributed by atoms with Crippen LogP contribution in [0.3, 0.4) is 0 Å². The minimum Gasteiger partial charge on any atom is -0.335 e. The lowest BCUT2D eigenvalue weighted by atomic mass is 10.1. The molecule has 3 rings (SSSR count). The minimum atomic E-state index is -4.56. The fraction of sp³-hybridized carbons (Fsp3) is 0.316. The number of halogens is 5. The van der Waals surface area contributed by atoms with Crippen molar-refractivity contribution in [2.24, 2.45) is 0 Å². The highest BCUT2D eigenvalue weighted by atomic mass is 32.2. The number of benzene rings is 1. The van der Waals surface area contributed by atoms with E-state index in [-0.39, 0.29) is 54.1 Å². The Morgan fingerprint density at radius 2 is 1.60 bits per heavy atom. The average molecular weight is 445 g/mol. The maximum absolute atomic E-state index is 12.9. The first-order chi connectivity index (χ1) is 14.2. The van der Waals surface area contributed by atoms with E-state index in [0.717, 1.165) is 12.1 Å². The summed E-state index contributed by atoms with van der Waals surface area (Å²) in [5, 5.41) is -0.0834. The molecule has 30 heavy (non-hydrogen) atoms. The highest BCUT2D eigenvalue weighted by molar-refractivity contribution is 7.99. The van der Waals surface area contributed by atoms with Gasteiger partial charge in [0.25, 0.3) is 17.6 Å². The number of piperazine rings is 1. The van der Waals surface area contributed by atoms with Gasteiger partial charge in [0.05, 0.1) is 11.1 Å². The lowest BCUT2D eigenvalue weighted by Crippen LogP contribution is -2.50. The topological polar surface area (TPSA) is 53.5 Å². The van der Waals surface area contributed by atoms with Crippen molar-refractivity contribution < 1.29 is 31.5 Å². The van der Waals surface area contributed by atoms with Gasteiger partial charge in [0.15, 0.2) is 0 Å². The lowest BCUT2D eigenvalue weighted by molar-refractivity contribution is -0.137. The maximum atomic E-state index is 12.9. The van der Waals surface area contributed by atoms with Crippen molar-refractivity contribution in [2.45, 2.75) is 17.0 Å². The van der Waals surface area contributed by atoms with Crippen molar-refractivity contribution >= 4 is 23.6 Å². The van der Waals surface area contributed by atoms with Crippen molar-refractivity contribution in [3.63, 3.8) is 0 Å². The van der Waals surface area contributed by atoms with Crippen LogP contribution in [0.2, 0.25) is 0 Å². The van der Waals surface area contributed by atoms with E-state index >= 15 is 0 Å². The van der Waals surface area contributed by atoms with Gasteiger partial charge in [-0.2, -0.15) is 22.0 Å². The SMILES string of the molecule is O=C(c1cccc(C(F)(F)F)c1)N1CCN(C(=O)c2cccnc2SC(F)F)CC1. The number of thioether (sulfide) groups is 1. The number of nitrogens with zero attached hydrogens (tertiary/aromatic N) is 3. The molecule has 2 heterocycles. The average Bonchev–Trinajstić information content (AvgIpc) is 2.72. The van der Waals surface area contributed by atoms with Gasteiger partial charge in [-0.15, -0.1) is 0 Å². The summed E-state index contributed by atoms with van der Waals surface area (Å²) in [5.74, 6) is -3.78. The fourth-order valence-electron chi connectivity index (χ4n) is 3.03. The molecule has 1 saturated heterocycles. The number of rotatable bonds is 4.